The van der Waals surface area contributed by atoms with E-state index in [9.17, 15) is 14.4 Å². The molecule has 2 aliphatic rings. The molecule has 0 saturated carbocycles. The summed E-state index contributed by atoms with van der Waals surface area (Å²) in [6.07, 6.45) is 4.35. The molecule has 0 spiro atoms. The molecule has 1 aromatic rings. The van der Waals surface area contributed by atoms with Crippen molar-refractivity contribution in [3.05, 3.63) is 35.4 Å². The quantitative estimate of drug-likeness (QED) is 0.870. The fourth-order valence-corrected chi connectivity index (χ4v) is 3.53. The third-order valence-electron chi connectivity index (χ3n) is 5.19. The van der Waals surface area contributed by atoms with Crippen LogP contribution in [0.25, 0.3) is 0 Å². The SMILES string of the molecule is CCCCc1ccc(C(=O)N2CCN(C(=O)C3CCC(=O)N3)CC2)cc1. The van der Waals surface area contributed by atoms with Crippen molar-refractivity contribution in [1.82, 2.24) is 15.1 Å². The maximum absolute atomic E-state index is 12.7. The highest BCUT2D eigenvalue weighted by molar-refractivity contribution is 5.95. The average Bonchev–Trinajstić information content (AvgIpc) is 3.12. The molecule has 26 heavy (non-hydrogen) atoms. The van der Waals surface area contributed by atoms with E-state index in [1.807, 2.05) is 24.3 Å². The molecule has 0 radical (unpaired) electrons. The first-order chi connectivity index (χ1) is 12.6. The number of nitrogens with zero attached hydrogens (tertiary/aromatic N) is 2. The number of carbonyl (C=O) groups excluding carboxylic acids is 3. The van der Waals surface area contributed by atoms with Crippen molar-refractivity contribution >= 4 is 17.7 Å². The van der Waals surface area contributed by atoms with Gasteiger partial charge < -0.3 is 15.1 Å². The number of nitrogens with one attached hydrogen (secondary N) is 1. The number of hydrogen-bond donors (Lipinski definition) is 1. The Labute approximate surface area is 154 Å². The summed E-state index contributed by atoms with van der Waals surface area (Å²) in [5, 5.41) is 2.72. The van der Waals surface area contributed by atoms with Gasteiger partial charge in [-0.3, -0.25) is 14.4 Å². The van der Waals surface area contributed by atoms with Gasteiger partial charge in [-0.05, 0) is 37.0 Å². The maximum Gasteiger partial charge on any atom is 0.253 e. The molecule has 3 rings (SSSR count). The van der Waals surface area contributed by atoms with E-state index in [0.29, 0.717) is 44.6 Å². The molecule has 6 heteroatoms. The topological polar surface area (TPSA) is 69.7 Å². The van der Waals surface area contributed by atoms with Crippen LogP contribution < -0.4 is 5.32 Å². The first-order valence-electron chi connectivity index (χ1n) is 9.55. The van der Waals surface area contributed by atoms with Crippen molar-refractivity contribution in [3.8, 4) is 0 Å². The van der Waals surface area contributed by atoms with Crippen LogP contribution in [0.2, 0.25) is 0 Å². The Balaban J connectivity index is 1.51. The first kappa shape index (κ1) is 18.4. The van der Waals surface area contributed by atoms with Gasteiger partial charge in [-0.15, -0.1) is 0 Å². The van der Waals surface area contributed by atoms with Crippen LogP contribution in [0.15, 0.2) is 24.3 Å². The summed E-state index contributed by atoms with van der Waals surface area (Å²) >= 11 is 0. The Hall–Kier alpha value is -2.37. The zero-order valence-corrected chi connectivity index (χ0v) is 15.4. The van der Waals surface area contributed by atoms with Crippen LogP contribution in [0.4, 0.5) is 0 Å². The Morgan fingerprint density at radius 3 is 2.31 bits per heavy atom. The van der Waals surface area contributed by atoms with Gasteiger partial charge in [0.25, 0.3) is 5.91 Å². The predicted octanol–water partition coefficient (Wildman–Crippen LogP) is 1.59. The Bertz CT molecular complexity index is 663. The number of rotatable bonds is 5. The van der Waals surface area contributed by atoms with E-state index >= 15 is 0 Å². The number of aryl methyl sites for hydroxylation is 1. The smallest absolute Gasteiger partial charge is 0.253 e. The summed E-state index contributed by atoms with van der Waals surface area (Å²) in [7, 11) is 0. The highest BCUT2D eigenvalue weighted by Gasteiger charge is 2.33. The molecule has 0 bridgehead atoms. The van der Waals surface area contributed by atoms with E-state index in [2.05, 4.69) is 12.2 Å². The summed E-state index contributed by atoms with van der Waals surface area (Å²) in [5.41, 5.74) is 1.96. The summed E-state index contributed by atoms with van der Waals surface area (Å²) in [5.74, 6) is -0.0592. The number of piperazine rings is 1. The number of carbonyl (C=O) groups is 3. The lowest BCUT2D eigenvalue weighted by Gasteiger charge is -2.36. The van der Waals surface area contributed by atoms with Crippen LogP contribution in [-0.2, 0) is 16.0 Å². The number of amides is 3. The molecule has 1 N–H and O–H groups in total. The molecule has 1 unspecified atom stereocenters. The molecule has 2 heterocycles. The molecule has 6 nitrogen and oxygen atoms in total. The van der Waals surface area contributed by atoms with Gasteiger partial charge >= 0.3 is 0 Å². The highest BCUT2D eigenvalue weighted by atomic mass is 16.2. The fourth-order valence-electron chi connectivity index (χ4n) is 3.53. The maximum atomic E-state index is 12.7. The van der Waals surface area contributed by atoms with Gasteiger partial charge in [0.2, 0.25) is 11.8 Å². The highest BCUT2D eigenvalue weighted by Crippen LogP contribution is 2.15. The van der Waals surface area contributed by atoms with E-state index in [-0.39, 0.29) is 23.8 Å². The number of benzene rings is 1. The molecule has 0 aromatic heterocycles. The molecule has 0 aliphatic carbocycles. The van der Waals surface area contributed by atoms with E-state index in [1.54, 1.807) is 9.80 Å². The zero-order valence-electron chi connectivity index (χ0n) is 15.4. The molecule has 2 saturated heterocycles. The molecule has 1 aromatic carbocycles. The minimum atomic E-state index is -0.389. The van der Waals surface area contributed by atoms with Gasteiger partial charge in [0.15, 0.2) is 0 Å². The van der Waals surface area contributed by atoms with Crippen molar-refractivity contribution in [2.75, 3.05) is 26.2 Å². The second-order valence-electron chi connectivity index (χ2n) is 7.08. The lowest BCUT2D eigenvalue weighted by atomic mass is 10.1. The minimum absolute atomic E-state index is 0.0216. The van der Waals surface area contributed by atoms with Crippen LogP contribution in [-0.4, -0.2) is 59.7 Å². The zero-order chi connectivity index (χ0) is 18.5. The minimum Gasteiger partial charge on any atom is -0.344 e. The summed E-state index contributed by atoms with van der Waals surface area (Å²) in [6, 6.07) is 7.48. The molecule has 2 fully saturated rings. The fraction of sp³-hybridized carbons (Fsp3) is 0.550. The van der Waals surface area contributed by atoms with Gasteiger partial charge in [-0.1, -0.05) is 25.5 Å². The van der Waals surface area contributed by atoms with Crippen molar-refractivity contribution in [2.45, 2.75) is 45.1 Å². The molecule has 140 valence electrons. The van der Waals surface area contributed by atoms with Crippen molar-refractivity contribution in [2.24, 2.45) is 0 Å². The van der Waals surface area contributed by atoms with Gasteiger partial charge in [0.05, 0.1) is 0 Å². The van der Waals surface area contributed by atoms with Crippen LogP contribution in [0, 0.1) is 0 Å². The lowest BCUT2D eigenvalue weighted by molar-refractivity contribution is -0.135. The van der Waals surface area contributed by atoms with Crippen molar-refractivity contribution in [1.29, 1.82) is 0 Å². The van der Waals surface area contributed by atoms with Crippen LogP contribution in [0.1, 0.15) is 48.5 Å². The normalized spacial score (nSPS) is 20.2. The lowest BCUT2D eigenvalue weighted by Crippen LogP contribution is -2.54. The van der Waals surface area contributed by atoms with Crippen molar-refractivity contribution in [3.63, 3.8) is 0 Å². The molecular formula is C20H27N3O3. The van der Waals surface area contributed by atoms with E-state index < -0.39 is 0 Å². The monoisotopic (exact) mass is 357 g/mol. The Morgan fingerprint density at radius 1 is 1.08 bits per heavy atom. The number of unbranched alkanes of at least 4 members (excludes halogenated alkanes) is 1. The number of hydrogen-bond acceptors (Lipinski definition) is 3. The van der Waals surface area contributed by atoms with E-state index in [4.69, 9.17) is 0 Å². The molecule has 1 atom stereocenters. The molecule has 3 amide bonds. The second-order valence-corrected chi connectivity index (χ2v) is 7.08. The summed E-state index contributed by atoms with van der Waals surface area (Å²) in [4.78, 5) is 39.9. The Kier molecular flexibility index (Phi) is 5.91. The summed E-state index contributed by atoms with van der Waals surface area (Å²) < 4.78 is 0. The van der Waals surface area contributed by atoms with Gasteiger partial charge in [0.1, 0.15) is 6.04 Å². The standard InChI is InChI=1S/C20H27N3O3/c1-2-3-4-15-5-7-16(8-6-15)19(25)22-11-13-23(14-12-22)20(26)17-9-10-18(24)21-17/h5-8,17H,2-4,9-14H2,1H3,(H,21,24). The van der Waals surface area contributed by atoms with Crippen LogP contribution >= 0.6 is 0 Å². The molecule has 2 aliphatic heterocycles. The first-order valence-corrected chi connectivity index (χ1v) is 9.55. The summed E-state index contributed by atoms with van der Waals surface area (Å²) in [6.45, 7) is 4.27. The van der Waals surface area contributed by atoms with Crippen molar-refractivity contribution < 1.29 is 14.4 Å². The van der Waals surface area contributed by atoms with Gasteiger partial charge in [-0.2, -0.15) is 0 Å². The van der Waals surface area contributed by atoms with E-state index in [1.165, 1.54) is 5.56 Å². The largest absolute Gasteiger partial charge is 0.344 e. The Morgan fingerprint density at radius 2 is 1.73 bits per heavy atom. The second kappa shape index (κ2) is 8.34. The van der Waals surface area contributed by atoms with E-state index in [0.717, 1.165) is 19.3 Å². The molecular weight excluding hydrogens is 330 g/mol. The van der Waals surface area contributed by atoms with Crippen LogP contribution in [0.3, 0.4) is 0 Å². The third kappa shape index (κ3) is 4.23. The van der Waals surface area contributed by atoms with Crippen LogP contribution in [0.5, 0.6) is 0 Å². The third-order valence-corrected chi connectivity index (χ3v) is 5.19. The van der Waals surface area contributed by atoms with Gasteiger partial charge in [-0.25, -0.2) is 0 Å². The van der Waals surface area contributed by atoms with Gasteiger partial charge in [0, 0.05) is 38.2 Å². The average molecular weight is 357 g/mol. The predicted molar refractivity (Wildman–Crippen MR) is 98.7 cm³/mol.